The highest BCUT2D eigenvalue weighted by Gasteiger charge is 2.14. The van der Waals surface area contributed by atoms with Gasteiger partial charge in [-0.1, -0.05) is 25.4 Å². The Labute approximate surface area is 122 Å². The van der Waals surface area contributed by atoms with Gasteiger partial charge in [0.2, 0.25) is 0 Å². The summed E-state index contributed by atoms with van der Waals surface area (Å²) >= 11 is 5.78. The fourth-order valence-electron chi connectivity index (χ4n) is 1.95. The van der Waals surface area contributed by atoms with Crippen LogP contribution in [0.5, 0.6) is 0 Å². The molecule has 0 aliphatic heterocycles. The van der Waals surface area contributed by atoms with Gasteiger partial charge >= 0.3 is 0 Å². The minimum atomic E-state index is -0.445. The van der Waals surface area contributed by atoms with E-state index in [2.05, 4.69) is 34.4 Å². The third-order valence-electron chi connectivity index (χ3n) is 2.88. The van der Waals surface area contributed by atoms with E-state index in [9.17, 15) is 4.39 Å². The molecule has 2 N–H and O–H groups in total. The third kappa shape index (κ3) is 2.99. The molecule has 0 atom stereocenters. The minimum Gasteiger partial charge on any atom is -0.373 e. The van der Waals surface area contributed by atoms with Crippen LogP contribution in [0, 0.1) is 5.82 Å². The molecule has 1 aromatic carbocycles. The Morgan fingerprint density at radius 1 is 1.20 bits per heavy atom. The van der Waals surface area contributed by atoms with Crippen LogP contribution in [-0.4, -0.2) is 17.0 Å². The SMILES string of the molecule is CNc1ncnc(Nc2ccc(F)c(Cl)c2)c1C(C)C. The summed E-state index contributed by atoms with van der Waals surface area (Å²) < 4.78 is 13.2. The Morgan fingerprint density at radius 3 is 2.50 bits per heavy atom. The van der Waals surface area contributed by atoms with Gasteiger partial charge < -0.3 is 10.6 Å². The monoisotopic (exact) mass is 294 g/mol. The highest BCUT2D eigenvalue weighted by atomic mass is 35.5. The predicted molar refractivity (Wildman–Crippen MR) is 80.4 cm³/mol. The Hall–Kier alpha value is -1.88. The summed E-state index contributed by atoms with van der Waals surface area (Å²) in [5.41, 5.74) is 1.65. The second kappa shape index (κ2) is 6.05. The van der Waals surface area contributed by atoms with Crippen molar-refractivity contribution in [2.45, 2.75) is 19.8 Å². The van der Waals surface area contributed by atoms with Gasteiger partial charge in [-0.3, -0.25) is 0 Å². The van der Waals surface area contributed by atoms with Gasteiger partial charge in [0.25, 0.3) is 0 Å². The van der Waals surface area contributed by atoms with Crippen LogP contribution in [0.25, 0.3) is 0 Å². The molecule has 0 aliphatic rings. The molecule has 0 saturated heterocycles. The standard InChI is InChI=1S/C14H16ClFN4/c1-8(2)12-13(17-3)18-7-19-14(12)20-9-4-5-11(16)10(15)6-9/h4-8H,1-3H3,(H2,17,18,19,20). The van der Waals surface area contributed by atoms with Gasteiger partial charge in [-0.15, -0.1) is 0 Å². The van der Waals surface area contributed by atoms with E-state index in [0.717, 1.165) is 11.4 Å². The van der Waals surface area contributed by atoms with Gasteiger partial charge in [-0.05, 0) is 24.1 Å². The van der Waals surface area contributed by atoms with Crippen LogP contribution < -0.4 is 10.6 Å². The predicted octanol–water partition coefficient (Wildman–Crippen LogP) is 4.18. The first kappa shape index (κ1) is 14.5. The zero-order valence-corrected chi connectivity index (χ0v) is 12.3. The summed E-state index contributed by atoms with van der Waals surface area (Å²) in [5.74, 6) is 1.24. The molecule has 0 spiro atoms. The van der Waals surface area contributed by atoms with Gasteiger partial charge in [0.05, 0.1) is 5.02 Å². The number of aromatic nitrogens is 2. The fourth-order valence-corrected chi connectivity index (χ4v) is 2.13. The van der Waals surface area contributed by atoms with Crippen molar-refractivity contribution in [1.82, 2.24) is 9.97 Å². The van der Waals surface area contributed by atoms with Gasteiger partial charge in [0, 0.05) is 18.3 Å². The molecular weight excluding hydrogens is 279 g/mol. The van der Waals surface area contributed by atoms with Gasteiger partial charge in [-0.25, -0.2) is 14.4 Å². The quantitative estimate of drug-likeness (QED) is 0.888. The highest BCUT2D eigenvalue weighted by Crippen LogP contribution is 2.30. The van der Waals surface area contributed by atoms with Crippen molar-refractivity contribution >= 4 is 28.9 Å². The number of rotatable bonds is 4. The van der Waals surface area contributed by atoms with Crippen molar-refractivity contribution in [2.75, 3.05) is 17.7 Å². The van der Waals surface area contributed by atoms with Crippen molar-refractivity contribution in [3.63, 3.8) is 0 Å². The maximum atomic E-state index is 13.2. The highest BCUT2D eigenvalue weighted by molar-refractivity contribution is 6.31. The second-order valence-electron chi connectivity index (χ2n) is 4.64. The molecule has 0 bridgehead atoms. The van der Waals surface area contributed by atoms with Crippen LogP contribution in [-0.2, 0) is 0 Å². The van der Waals surface area contributed by atoms with E-state index in [-0.39, 0.29) is 10.9 Å². The third-order valence-corrected chi connectivity index (χ3v) is 3.17. The molecule has 0 fully saturated rings. The van der Waals surface area contributed by atoms with Crippen molar-refractivity contribution in [1.29, 1.82) is 0 Å². The number of benzene rings is 1. The molecule has 0 amide bonds. The van der Waals surface area contributed by atoms with E-state index in [1.54, 1.807) is 6.07 Å². The molecule has 6 heteroatoms. The zero-order valence-electron chi connectivity index (χ0n) is 11.5. The molecule has 1 aromatic heterocycles. The average molecular weight is 295 g/mol. The molecule has 1 heterocycles. The Morgan fingerprint density at radius 2 is 1.90 bits per heavy atom. The Kier molecular flexibility index (Phi) is 4.39. The van der Waals surface area contributed by atoms with Crippen LogP contribution in [0.4, 0.5) is 21.7 Å². The molecule has 0 saturated carbocycles. The van der Waals surface area contributed by atoms with E-state index >= 15 is 0 Å². The number of hydrogen-bond acceptors (Lipinski definition) is 4. The summed E-state index contributed by atoms with van der Waals surface area (Å²) in [5, 5.41) is 6.27. The first-order valence-electron chi connectivity index (χ1n) is 6.27. The van der Waals surface area contributed by atoms with Crippen molar-refractivity contribution in [2.24, 2.45) is 0 Å². The van der Waals surface area contributed by atoms with Crippen molar-refractivity contribution in [3.05, 3.63) is 40.9 Å². The minimum absolute atomic E-state index is 0.0731. The van der Waals surface area contributed by atoms with Crippen molar-refractivity contribution in [3.8, 4) is 0 Å². The first-order valence-corrected chi connectivity index (χ1v) is 6.65. The van der Waals surface area contributed by atoms with Crippen LogP contribution >= 0.6 is 11.6 Å². The zero-order chi connectivity index (χ0) is 14.7. The van der Waals surface area contributed by atoms with Gasteiger partial charge in [-0.2, -0.15) is 0 Å². The molecular formula is C14H16ClFN4. The number of hydrogen-bond donors (Lipinski definition) is 2. The van der Waals surface area contributed by atoms with E-state index in [1.165, 1.54) is 18.5 Å². The van der Waals surface area contributed by atoms with Gasteiger partial charge in [0.15, 0.2) is 0 Å². The normalized spacial score (nSPS) is 10.7. The largest absolute Gasteiger partial charge is 0.373 e. The Bertz CT molecular complexity index is 616. The van der Waals surface area contributed by atoms with Gasteiger partial charge in [0.1, 0.15) is 23.8 Å². The molecule has 0 unspecified atom stereocenters. The van der Waals surface area contributed by atoms with Crippen LogP contribution in [0.1, 0.15) is 25.3 Å². The molecule has 2 rings (SSSR count). The van der Waals surface area contributed by atoms with Crippen LogP contribution in [0.15, 0.2) is 24.5 Å². The van der Waals surface area contributed by atoms with Crippen LogP contribution in [0.3, 0.4) is 0 Å². The number of anilines is 3. The molecule has 4 nitrogen and oxygen atoms in total. The van der Waals surface area contributed by atoms with Crippen molar-refractivity contribution < 1.29 is 4.39 Å². The second-order valence-corrected chi connectivity index (χ2v) is 5.05. The molecule has 0 radical (unpaired) electrons. The van der Waals surface area contributed by atoms with E-state index in [1.807, 2.05) is 7.05 Å². The first-order chi connectivity index (χ1) is 9.52. The lowest BCUT2D eigenvalue weighted by Gasteiger charge is -2.16. The van der Waals surface area contributed by atoms with E-state index in [0.29, 0.717) is 11.5 Å². The summed E-state index contributed by atoms with van der Waals surface area (Å²) in [6.45, 7) is 4.12. The van der Waals surface area contributed by atoms with E-state index in [4.69, 9.17) is 11.6 Å². The maximum Gasteiger partial charge on any atom is 0.141 e. The smallest absolute Gasteiger partial charge is 0.141 e. The molecule has 2 aromatic rings. The van der Waals surface area contributed by atoms with Crippen LogP contribution in [0.2, 0.25) is 5.02 Å². The number of nitrogens with zero attached hydrogens (tertiary/aromatic N) is 2. The molecule has 106 valence electrons. The fraction of sp³-hybridized carbons (Fsp3) is 0.286. The lowest BCUT2D eigenvalue weighted by molar-refractivity contribution is 0.628. The van der Waals surface area contributed by atoms with E-state index < -0.39 is 5.82 Å². The summed E-state index contributed by atoms with van der Waals surface area (Å²) in [4.78, 5) is 8.46. The summed E-state index contributed by atoms with van der Waals surface area (Å²) in [6, 6.07) is 4.47. The lowest BCUT2D eigenvalue weighted by atomic mass is 10.0. The summed E-state index contributed by atoms with van der Waals surface area (Å²) in [6.07, 6.45) is 1.48. The maximum absolute atomic E-state index is 13.2. The number of nitrogens with one attached hydrogen (secondary N) is 2. The topological polar surface area (TPSA) is 49.8 Å². The molecule has 0 aliphatic carbocycles. The molecule has 20 heavy (non-hydrogen) atoms. The summed E-state index contributed by atoms with van der Waals surface area (Å²) in [7, 11) is 1.81. The lowest BCUT2D eigenvalue weighted by Crippen LogP contribution is -2.07. The number of halogens is 2. The Balaban J connectivity index is 2.40. The average Bonchev–Trinajstić information content (AvgIpc) is 2.42.